The Bertz CT molecular complexity index is 671. The van der Waals surface area contributed by atoms with E-state index in [2.05, 4.69) is 26.6 Å². The Balaban J connectivity index is 2.35. The molecule has 0 heterocycles. The summed E-state index contributed by atoms with van der Waals surface area (Å²) >= 11 is 3.50. The van der Waals surface area contributed by atoms with Gasteiger partial charge in [0.1, 0.15) is 0 Å². The van der Waals surface area contributed by atoms with E-state index in [1.54, 1.807) is 18.2 Å². The Hall–Kier alpha value is -2.01. The number of rotatable bonds is 4. The van der Waals surface area contributed by atoms with Crippen molar-refractivity contribution >= 4 is 38.9 Å². The fourth-order valence-corrected chi connectivity index (χ4v) is 2.32. The molecule has 2 aromatic carbocycles. The molecule has 0 aliphatic rings. The topological polar surface area (TPSA) is 67.2 Å². The third-order valence-electron chi connectivity index (χ3n) is 3.08. The Morgan fingerprint density at radius 3 is 2.67 bits per heavy atom. The Labute approximate surface area is 132 Å². The molecule has 0 spiro atoms. The van der Waals surface area contributed by atoms with Crippen molar-refractivity contribution in [1.29, 1.82) is 0 Å². The molecule has 21 heavy (non-hydrogen) atoms. The lowest BCUT2D eigenvalue weighted by molar-refractivity contribution is 0.0956. The average molecular weight is 348 g/mol. The van der Waals surface area contributed by atoms with Crippen molar-refractivity contribution in [3.63, 3.8) is 0 Å². The lowest BCUT2D eigenvalue weighted by Crippen LogP contribution is -2.23. The van der Waals surface area contributed by atoms with Crippen LogP contribution in [0.3, 0.4) is 0 Å². The van der Waals surface area contributed by atoms with Crippen molar-refractivity contribution in [2.24, 2.45) is 0 Å². The first kappa shape index (κ1) is 15.4. The molecular weight excluding hydrogens is 330 g/mol. The van der Waals surface area contributed by atoms with Gasteiger partial charge in [-0.3, -0.25) is 4.79 Å². The van der Waals surface area contributed by atoms with Gasteiger partial charge >= 0.3 is 0 Å². The number of aryl methyl sites for hydroxylation is 1. The van der Waals surface area contributed by atoms with Crippen molar-refractivity contribution < 1.29 is 4.79 Å². The van der Waals surface area contributed by atoms with Gasteiger partial charge in [-0.25, -0.2) is 0 Å². The molecule has 0 aliphatic carbocycles. The second kappa shape index (κ2) is 6.63. The minimum atomic E-state index is -0.119. The fraction of sp³-hybridized carbons (Fsp3) is 0.188. The number of carbonyl (C=O) groups is 1. The SMILES string of the molecule is CCNC(=O)c1ccc(N)cc1Nc1ccc(C)c(Br)c1. The number of amides is 1. The summed E-state index contributed by atoms with van der Waals surface area (Å²) in [7, 11) is 0. The standard InChI is InChI=1S/C16H18BrN3O/c1-3-19-16(21)13-7-5-11(18)8-15(13)20-12-6-4-10(2)14(17)9-12/h4-9,20H,3,18H2,1-2H3,(H,19,21). The van der Waals surface area contributed by atoms with Crippen molar-refractivity contribution in [3.05, 3.63) is 52.0 Å². The molecule has 0 aromatic heterocycles. The minimum Gasteiger partial charge on any atom is -0.399 e. The number of carbonyl (C=O) groups excluding carboxylic acids is 1. The van der Waals surface area contributed by atoms with Crippen molar-refractivity contribution in [3.8, 4) is 0 Å². The van der Waals surface area contributed by atoms with Gasteiger partial charge in [0.25, 0.3) is 5.91 Å². The lowest BCUT2D eigenvalue weighted by atomic mass is 10.1. The summed E-state index contributed by atoms with van der Waals surface area (Å²) in [5, 5.41) is 6.05. The maximum Gasteiger partial charge on any atom is 0.253 e. The predicted octanol–water partition coefficient (Wildman–Crippen LogP) is 3.83. The first-order valence-corrected chi connectivity index (χ1v) is 7.51. The van der Waals surface area contributed by atoms with Crippen LogP contribution >= 0.6 is 15.9 Å². The molecule has 0 atom stereocenters. The van der Waals surface area contributed by atoms with Gasteiger partial charge in [0.2, 0.25) is 0 Å². The van der Waals surface area contributed by atoms with E-state index in [1.807, 2.05) is 32.0 Å². The lowest BCUT2D eigenvalue weighted by Gasteiger charge is -2.13. The van der Waals surface area contributed by atoms with E-state index in [4.69, 9.17) is 5.73 Å². The molecule has 0 bridgehead atoms. The second-order valence-electron chi connectivity index (χ2n) is 4.75. The fourth-order valence-electron chi connectivity index (χ4n) is 1.95. The maximum atomic E-state index is 12.1. The average Bonchev–Trinajstić information content (AvgIpc) is 2.43. The number of benzene rings is 2. The van der Waals surface area contributed by atoms with Gasteiger partial charge in [0.05, 0.1) is 11.3 Å². The molecule has 0 saturated heterocycles. The summed E-state index contributed by atoms with van der Waals surface area (Å²) in [6.07, 6.45) is 0. The molecule has 110 valence electrons. The van der Waals surface area contributed by atoms with Crippen molar-refractivity contribution in [1.82, 2.24) is 5.32 Å². The molecule has 4 N–H and O–H groups in total. The predicted molar refractivity (Wildman–Crippen MR) is 91.0 cm³/mol. The van der Waals surface area contributed by atoms with Gasteiger partial charge in [-0.1, -0.05) is 22.0 Å². The van der Waals surface area contributed by atoms with Crippen molar-refractivity contribution in [2.45, 2.75) is 13.8 Å². The zero-order valence-electron chi connectivity index (χ0n) is 12.0. The quantitative estimate of drug-likeness (QED) is 0.736. The van der Waals surface area contributed by atoms with E-state index < -0.39 is 0 Å². The van der Waals surface area contributed by atoms with E-state index in [0.29, 0.717) is 23.5 Å². The summed E-state index contributed by atoms with van der Waals surface area (Å²) in [6, 6.07) is 11.2. The van der Waals surface area contributed by atoms with Crippen LogP contribution in [0.15, 0.2) is 40.9 Å². The number of nitrogens with two attached hydrogens (primary N) is 1. The molecule has 0 radical (unpaired) electrons. The Morgan fingerprint density at radius 1 is 1.24 bits per heavy atom. The highest BCUT2D eigenvalue weighted by Gasteiger charge is 2.11. The van der Waals surface area contributed by atoms with Crippen LogP contribution in [0.1, 0.15) is 22.8 Å². The number of hydrogen-bond donors (Lipinski definition) is 3. The molecule has 0 unspecified atom stereocenters. The van der Waals surface area contributed by atoms with Crippen LogP contribution in [-0.4, -0.2) is 12.5 Å². The smallest absolute Gasteiger partial charge is 0.253 e. The summed E-state index contributed by atoms with van der Waals surface area (Å²) < 4.78 is 1.01. The number of anilines is 3. The van der Waals surface area contributed by atoms with Crippen LogP contribution in [0.25, 0.3) is 0 Å². The molecule has 4 nitrogen and oxygen atoms in total. The third kappa shape index (κ3) is 3.76. The highest BCUT2D eigenvalue weighted by Crippen LogP contribution is 2.27. The second-order valence-corrected chi connectivity index (χ2v) is 5.61. The summed E-state index contributed by atoms with van der Waals surface area (Å²) in [5.74, 6) is -0.119. The zero-order chi connectivity index (χ0) is 15.4. The normalized spacial score (nSPS) is 10.2. The third-order valence-corrected chi connectivity index (χ3v) is 3.93. The van der Waals surface area contributed by atoms with Gasteiger partial charge < -0.3 is 16.4 Å². The maximum absolute atomic E-state index is 12.1. The Morgan fingerprint density at radius 2 is 2.00 bits per heavy atom. The summed E-state index contributed by atoms with van der Waals surface area (Å²) in [6.45, 7) is 4.49. The van der Waals surface area contributed by atoms with Gasteiger partial charge in [-0.05, 0) is 49.7 Å². The number of nitrogen functional groups attached to an aromatic ring is 1. The highest BCUT2D eigenvalue weighted by molar-refractivity contribution is 9.10. The molecular formula is C16H18BrN3O. The summed E-state index contributed by atoms with van der Waals surface area (Å²) in [5.41, 5.74) is 9.74. The first-order valence-electron chi connectivity index (χ1n) is 6.72. The molecule has 0 aliphatic heterocycles. The highest BCUT2D eigenvalue weighted by atomic mass is 79.9. The molecule has 2 aromatic rings. The number of nitrogens with one attached hydrogen (secondary N) is 2. The summed E-state index contributed by atoms with van der Waals surface area (Å²) in [4.78, 5) is 12.1. The van der Waals surface area contributed by atoms with Crippen LogP contribution in [0.5, 0.6) is 0 Å². The molecule has 1 amide bonds. The minimum absolute atomic E-state index is 0.119. The first-order chi connectivity index (χ1) is 10.0. The molecule has 2 rings (SSSR count). The monoisotopic (exact) mass is 347 g/mol. The van der Waals surface area contributed by atoms with Crippen LogP contribution < -0.4 is 16.4 Å². The van der Waals surface area contributed by atoms with Crippen LogP contribution in [0.4, 0.5) is 17.1 Å². The van der Waals surface area contributed by atoms with Crippen molar-refractivity contribution in [2.75, 3.05) is 17.6 Å². The molecule has 5 heteroatoms. The van der Waals surface area contributed by atoms with E-state index in [0.717, 1.165) is 15.7 Å². The largest absolute Gasteiger partial charge is 0.399 e. The van der Waals surface area contributed by atoms with Crippen LogP contribution in [0, 0.1) is 6.92 Å². The number of halogens is 1. The van der Waals surface area contributed by atoms with Crippen LogP contribution in [0.2, 0.25) is 0 Å². The molecule has 0 saturated carbocycles. The zero-order valence-corrected chi connectivity index (χ0v) is 13.6. The van der Waals surface area contributed by atoms with Gasteiger partial charge in [0.15, 0.2) is 0 Å². The van der Waals surface area contributed by atoms with Gasteiger partial charge in [0, 0.05) is 22.4 Å². The molecule has 0 fully saturated rings. The van der Waals surface area contributed by atoms with E-state index in [-0.39, 0.29) is 5.91 Å². The van der Waals surface area contributed by atoms with E-state index >= 15 is 0 Å². The van der Waals surface area contributed by atoms with E-state index in [1.165, 1.54) is 0 Å². The number of hydrogen-bond acceptors (Lipinski definition) is 3. The Kier molecular flexibility index (Phi) is 4.85. The van der Waals surface area contributed by atoms with Crippen LogP contribution in [-0.2, 0) is 0 Å². The van der Waals surface area contributed by atoms with E-state index in [9.17, 15) is 4.79 Å². The van der Waals surface area contributed by atoms with Gasteiger partial charge in [-0.2, -0.15) is 0 Å². The van der Waals surface area contributed by atoms with Gasteiger partial charge in [-0.15, -0.1) is 0 Å².